The Morgan fingerprint density at radius 3 is 2.94 bits per heavy atom. The average molecular weight is 312 g/mol. The summed E-state index contributed by atoms with van der Waals surface area (Å²) in [5.74, 6) is -0.843. The van der Waals surface area contributed by atoms with Gasteiger partial charge in [0.2, 0.25) is 5.78 Å². The number of halogens is 2. The lowest BCUT2D eigenvalue weighted by atomic mass is 10.1. The van der Waals surface area contributed by atoms with Gasteiger partial charge in [-0.05, 0) is 41.1 Å². The van der Waals surface area contributed by atoms with Crippen molar-refractivity contribution < 1.29 is 9.18 Å². The Hall–Kier alpha value is -1.69. The molecule has 0 spiro atoms. The number of anilines is 1. The van der Waals surface area contributed by atoms with Gasteiger partial charge in [0.15, 0.2) is 0 Å². The summed E-state index contributed by atoms with van der Waals surface area (Å²) in [6.45, 7) is 2.41. The number of carbonyl (C=O) groups excluding carboxylic acids is 1. The van der Waals surface area contributed by atoms with Crippen molar-refractivity contribution in [2.24, 2.45) is 0 Å². The monoisotopic (exact) mass is 311 g/mol. The Kier molecular flexibility index (Phi) is 3.47. The highest BCUT2D eigenvalue weighted by atomic mass is 79.9. The second kappa shape index (κ2) is 4.89. The molecule has 0 fully saturated rings. The highest BCUT2D eigenvalue weighted by molar-refractivity contribution is 9.10. The van der Waals surface area contributed by atoms with Crippen LogP contribution in [0, 0.1) is 5.82 Å². The van der Waals surface area contributed by atoms with E-state index in [1.165, 1.54) is 23.0 Å². The van der Waals surface area contributed by atoms with Crippen LogP contribution in [0.5, 0.6) is 0 Å². The first kappa shape index (κ1) is 12.8. The van der Waals surface area contributed by atoms with Gasteiger partial charge in [0, 0.05) is 12.2 Å². The molecular weight excluding hydrogens is 301 g/mol. The third-order valence-corrected chi connectivity index (χ3v) is 3.15. The van der Waals surface area contributed by atoms with E-state index in [2.05, 4.69) is 21.0 Å². The van der Waals surface area contributed by atoms with Gasteiger partial charge in [-0.2, -0.15) is 5.10 Å². The molecule has 1 aromatic carbocycles. The van der Waals surface area contributed by atoms with E-state index in [0.29, 0.717) is 16.7 Å². The van der Waals surface area contributed by atoms with Crippen LogP contribution in [0.1, 0.15) is 23.0 Å². The van der Waals surface area contributed by atoms with Gasteiger partial charge in [-0.3, -0.25) is 9.48 Å². The van der Waals surface area contributed by atoms with Crippen molar-refractivity contribution in [2.45, 2.75) is 13.5 Å². The number of ketones is 1. The van der Waals surface area contributed by atoms with E-state index in [-0.39, 0.29) is 17.0 Å². The number of nitrogens with two attached hydrogens (primary N) is 1. The Morgan fingerprint density at radius 2 is 2.28 bits per heavy atom. The number of hydrogen-bond acceptors (Lipinski definition) is 3. The molecule has 0 saturated carbocycles. The summed E-state index contributed by atoms with van der Waals surface area (Å²) in [4.78, 5) is 12.3. The number of benzene rings is 1. The maximum Gasteiger partial charge on any atom is 0.214 e. The van der Waals surface area contributed by atoms with Crippen LogP contribution in [-0.2, 0) is 6.54 Å². The number of aromatic nitrogens is 2. The molecule has 94 valence electrons. The van der Waals surface area contributed by atoms with Gasteiger partial charge in [0.25, 0.3) is 0 Å². The second-order valence-electron chi connectivity index (χ2n) is 3.72. The van der Waals surface area contributed by atoms with Gasteiger partial charge in [-0.25, -0.2) is 4.39 Å². The van der Waals surface area contributed by atoms with Gasteiger partial charge in [0.1, 0.15) is 11.5 Å². The van der Waals surface area contributed by atoms with Gasteiger partial charge in [-0.15, -0.1) is 0 Å². The molecule has 0 bridgehead atoms. The molecule has 1 heterocycles. The lowest BCUT2D eigenvalue weighted by Gasteiger charge is -2.07. The predicted octanol–water partition coefficient (Wildman–Crippen LogP) is 2.62. The molecule has 1 aromatic heterocycles. The second-order valence-corrected chi connectivity index (χ2v) is 4.57. The van der Waals surface area contributed by atoms with Gasteiger partial charge >= 0.3 is 0 Å². The van der Waals surface area contributed by atoms with E-state index in [1.807, 2.05) is 6.92 Å². The zero-order valence-electron chi connectivity index (χ0n) is 9.65. The van der Waals surface area contributed by atoms with E-state index < -0.39 is 5.82 Å². The quantitative estimate of drug-likeness (QED) is 0.700. The maximum absolute atomic E-state index is 13.2. The van der Waals surface area contributed by atoms with Gasteiger partial charge in [-0.1, -0.05) is 0 Å². The summed E-state index contributed by atoms with van der Waals surface area (Å²) < 4.78 is 15.3. The summed E-state index contributed by atoms with van der Waals surface area (Å²) in [7, 11) is 0. The predicted molar refractivity (Wildman–Crippen MR) is 69.8 cm³/mol. The number of nitrogens with zero attached hydrogens (tertiary/aromatic N) is 2. The van der Waals surface area contributed by atoms with Crippen LogP contribution in [-0.4, -0.2) is 15.6 Å². The molecular formula is C12H11BrFN3O. The summed E-state index contributed by atoms with van der Waals surface area (Å²) in [5, 5.41) is 4.05. The Balaban J connectivity index is 2.54. The van der Waals surface area contributed by atoms with Crippen molar-refractivity contribution >= 4 is 27.4 Å². The van der Waals surface area contributed by atoms with Crippen molar-refractivity contribution in [3.8, 4) is 0 Å². The van der Waals surface area contributed by atoms with Crippen LogP contribution < -0.4 is 5.73 Å². The van der Waals surface area contributed by atoms with Crippen LogP contribution >= 0.6 is 15.9 Å². The molecule has 0 radical (unpaired) electrons. The zero-order valence-corrected chi connectivity index (χ0v) is 11.2. The first-order chi connectivity index (χ1) is 8.54. The molecule has 0 saturated heterocycles. The average Bonchev–Trinajstić information content (AvgIpc) is 2.72. The molecule has 0 unspecified atom stereocenters. The first-order valence-electron chi connectivity index (χ1n) is 5.35. The number of carbonyl (C=O) groups is 1. The minimum atomic E-state index is -0.494. The van der Waals surface area contributed by atoms with Crippen molar-refractivity contribution in [1.29, 1.82) is 0 Å². The van der Waals surface area contributed by atoms with E-state index in [0.717, 1.165) is 6.07 Å². The fraction of sp³-hybridized carbons (Fsp3) is 0.167. The lowest BCUT2D eigenvalue weighted by Crippen LogP contribution is -2.13. The van der Waals surface area contributed by atoms with Gasteiger partial charge < -0.3 is 5.73 Å². The summed E-state index contributed by atoms with van der Waals surface area (Å²) in [5.41, 5.74) is 6.47. The van der Waals surface area contributed by atoms with Crippen molar-refractivity contribution in [3.63, 3.8) is 0 Å². The minimum absolute atomic E-state index is 0.144. The SMILES string of the molecule is CCn1ncc(Br)c1C(=O)c1cc(F)ccc1N. The summed E-state index contributed by atoms with van der Waals surface area (Å²) >= 11 is 3.26. The number of rotatable bonds is 3. The number of aryl methyl sites for hydroxylation is 1. The molecule has 2 N–H and O–H groups in total. The van der Waals surface area contributed by atoms with E-state index >= 15 is 0 Å². The summed E-state index contributed by atoms with van der Waals surface area (Å²) in [6, 6.07) is 3.73. The Morgan fingerprint density at radius 1 is 1.56 bits per heavy atom. The molecule has 2 aromatic rings. The fourth-order valence-corrected chi connectivity index (χ4v) is 2.16. The first-order valence-corrected chi connectivity index (χ1v) is 6.15. The third-order valence-electron chi connectivity index (χ3n) is 2.57. The molecule has 0 atom stereocenters. The highest BCUT2D eigenvalue weighted by Crippen LogP contribution is 2.23. The smallest absolute Gasteiger partial charge is 0.214 e. The van der Waals surface area contributed by atoms with Crippen molar-refractivity contribution in [3.05, 3.63) is 45.9 Å². The molecule has 0 aliphatic carbocycles. The van der Waals surface area contributed by atoms with E-state index in [4.69, 9.17) is 5.73 Å². The molecule has 4 nitrogen and oxygen atoms in total. The standard InChI is InChI=1S/C12H11BrFN3O/c1-2-17-11(9(13)6-16-17)12(18)8-5-7(14)3-4-10(8)15/h3-6H,2,15H2,1H3. The van der Waals surface area contributed by atoms with Gasteiger partial charge in [0.05, 0.1) is 16.2 Å². The van der Waals surface area contributed by atoms with E-state index in [9.17, 15) is 9.18 Å². The molecule has 0 amide bonds. The minimum Gasteiger partial charge on any atom is -0.398 e. The van der Waals surface area contributed by atoms with Crippen LogP contribution in [0.25, 0.3) is 0 Å². The summed E-state index contributed by atoms with van der Waals surface area (Å²) in [6.07, 6.45) is 1.53. The molecule has 6 heteroatoms. The van der Waals surface area contributed by atoms with Crippen molar-refractivity contribution in [1.82, 2.24) is 9.78 Å². The number of nitrogen functional groups attached to an aromatic ring is 1. The highest BCUT2D eigenvalue weighted by Gasteiger charge is 2.20. The third kappa shape index (κ3) is 2.15. The van der Waals surface area contributed by atoms with E-state index in [1.54, 1.807) is 0 Å². The zero-order chi connectivity index (χ0) is 13.3. The lowest BCUT2D eigenvalue weighted by molar-refractivity contribution is 0.102. The van der Waals surface area contributed by atoms with Crippen LogP contribution in [0.2, 0.25) is 0 Å². The van der Waals surface area contributed by atoms with Crippen molar-refractivity contribution in [2.75, 3.05) is 5.73 Å². The van der Waals surface area contributed by atoms with Crippen LogP contribution in [0.3, 0.4) is 0 Å². The largest absolute Gasteiger partial charge is 0.398 e. The normalized spacial score (nSPS) is 10.6. The Bertz CT molecular complexity index is 609. The maximum atomic E-state index is 13.2. The van der Waals surface area contributed by atoms with Crippen LogP contribution in [0.15, 0.2) is 28.9 Å². The molecule has 0 aliphatic rings. The molecule has 2 rings (SSSR count). The fourth-order valence-electron chi connectivity index (χ4n) is 1.68. The topological polar surface area (TPSA) is 60.9 Å². The Labute approximate surface area is 112 Å². The van der Waals surface area contributed by atoms with Crippen LogP contribution in [0.4, 0.5) is 10.1 Å². The molecule has 0 aliphatic heterocycles. The molecule has 18 heavy (non-hydrogen) atoms. The number of hydrogen-bond donors (Lipinski definition) is 1.